The third-order valence-electron chi connectivity index (χ3n) is 4.08. The average molecular weight is 261 g/mol. The summed E-state index contributed by atoms with van der Waals surface area (Å²) in [6.07, 6.45) is -4.07. The van der Waals surface area contributed by atoms with Gasteiger partial charge in [-0.2, -0.15) is 13.2 Å². The second-order valence-corrected chi connectivity index (χ2v) is 5.51. The summed E-state index contributed by atoms with van der Waals surface area (Å²) in [6, 6.07) is 3.41. The first-order valence-electron chi connectivity index (χ1n) is 5.72. The van der Waals surface area contributed by atoms with Crippen LogP contribution in [0.3, 0.4) is 0 Å². The second-order valence-electron chi connectivity index (χ2n) is 5.51. The van der Waals surface area contributed by atoms with Crippen LogP contribution in [0.15, 0.2) is 18.2 Å². The van der Waals surface area contributed by atoms with Crippen LogP contribution in [0.2, 0.25) is 0 Å². The zero-order valence-corrected chi connectivity index (χ0v) is 10.2. The van der Waals surface area contributed by atoms with Gasteiger partial charge in [0.25, 0.3) is 0 Å². The van der Waals surface area contributed by atoms with E-state index in [-0.39, 0.29) is 17.5 Å². The number of halogens is 4. The SMILES string of the molecule is CC1(C)CC1(CN)c1cccc(C(F)(F)F)c1F. The summed E-state index contributed by atoms with van der Waals surface area (Å²) in [7, 11) is 0. The van der Waals surface area contributed by atoms with Crippen molar-refractivity contribution in [1.82, 2.24) is 0 Å². The van der Waals surface area contributed by atoms with E-state index in [1.54, 1.807) is 0 Å². The third-order valence-corrected chi connectivity index (χ3v) is 4.08. The Morgan fingerprint density at radius 2 is 1.83 bits per heavy atom. The van der Waals surface area contributed by atoms with Gasteiger partial charge in [0.1, 0.15) is 5.82 Å². The van der Waals surface area contributed by atoms with Crippen molar-refractivity contribution in [2.45, 2.75) is 31.9 Å². The number of benzene rings is 1. The standard InChI is InChI=1S/C13H15F4N/c1-11(2)6-12(11,7-18)8-4-3-5-9(10(8)14)13(15,16)17/h3-5H,6-7,18H2,1-2H3. The van der Waals surface area contributed by atoms with Crippen LogP contribution in [0.25, 0.3) is 0 Å². The maximum absolute atomic E-state index is 14.1. The van der Waals surface area contributed by atoms with Crippen molar-refractivity contribution in [3.05, 3.63) is 35.1 Å². The summed E-state index contributed by atoms with van der Waals surface area (Å²) < 4.78 is 52.0. The largest absolute Gasteiger partial charge is 0.419 e. The normalized spacial score (nSPS) is 26.2. The molecule has 1 aliphatic rings. The molecule has 100 valence electrons. The highest BCUT2D eigenvalue weighted by Crippen LogP contribution is 2.64. The molecule has 1 nitrogen and oxygen atoms in total. The minimum absolute atomic E-state index is 0.0878. The maximum Gasteiger partial charge on any atom is 0.419 e. The molecular weight excluding hydrogens is 246 g/mol. The Balaban J connectivity index is 2.55. The lowest BCUT2D eigenvalue weighted by atomic mass is 9.86. The zero-order chi connectivity index (χ0) is 13.8. The highest BCUT2D eigenvalue weighted by molar-refractivity contribution is 5.41. The van der Waals surface area contributed by atoms with Gasteiger partial charge in [-0.25, -0.2) is 4.39 Å². The van der Waals surface area contributed by atoms with Gasteiger partial charge < -0.3 is 5.73 Å². The lowest BCUT2D eigenvalue weighted by Gasteiger charge is -2.21. The molecule has 18 heavy (non-hydrogen) atoms. The van der Waals surface area contributed by atoms with E-state index in [4.69, 9.17) is 5.73 Å². The van der Waals surface area contributed by atoms with Gasteiger partial charge >= 0.3 is 6.18 Å². The van der Waals surface area contributed by atoms with E-state index in [2.05, 4.69) is 0 Å². The predicted octanol–water partition coefficient (Wildman–Crippen LogP) is 3.47. The first-order chi connectivity index (χ1) is 8.16. The van der Waals surface area contributed by atoms with Crippen molar-refractivity contribution < 1.29 is 17.6 Å². The van der Waals surface area contributed by atoms with Crippen LogP contribution in [0.4, 0.5) is 17.6 Å². The summed E-state index contributed by atoms with van der Waals surface area (Å²) in [6.45, 7) is 3.93. The highest BCUT2D eigenvalue weighted by atomic mass is 19.4. The number of alkyl halides is 3. The molecule has 1 aromatic carbocycles. The van der Waals surface area contributed by atoms with Gasteiger partial charge in [0.2, 0.25) is 0 Å². The van der Waals surface area contributed by atoms with Gasteiger partial charge in [-0.3, -0.25) is 0 Å². The van der Waals surface area contributed by atoms with Crippen molar-refractivity contribution in [3.8, 4) is 0 Å². The number of nitrogens with two attached hydrogens (primary N) is 1. The zero-order valence-electron chi connectivity index (χ0n) is 10.2. The topological polar surface area (TPSA) is 26.0 Å². The molecule has 1 aromatic rings. The molecule has 2 rings (SSSR count). The van der Waals surface area contributed by atoms with Crippen LogP contribution < -0.4 is 5.73 Å². The molecule has 0 saturated heterocycles. The number of rotatable bonds is 2. The van der Waals surface area contributed by atoms with Gasteiger partial charge in [0.15, 0.2) is 0 Å². The summed E-state index contributed by atoms with van der Waals surface area (Å²) in [5.74, 6) is -1.18. The molecule has 1 unspecified atom stereocenters. The van der Waals surface area contributed by atoms with E-state index < -0.39 is 23.0 Å². The van der Waals surface area contributed by atoms with Crippen molar-refractivity contribution in [3.63, 3.8) is 0 Å². The summed E-state index contributed by atoms with van der Waals surface area (Å²) in [5.41, 5.74) is 3.61. The monoisotopic (exact) mass is 261 g/mol. The maximum atomic E-state index is 14.1. The molecule has 0 amide bonds. The molecule has 1 atom stereocenters. The fourth-order valence-corrected chi connectivity index (χ4v) is 2.75. The van der Waals surface area contributed by atoms with Gasteiger partial charge in [-0.05, 0) is 23.5 Å². The molecule has 1 fully saturated rings. The Kier molecular flexibility index (Phi) is 2.74. The molecular formula is C13H15F4N. The fraction of sp³-hybridized carbons (Fsp3) is 0.538. The number of hydrogen-bond acceptors (Lipinski definition) is 1. The molecule has 0 heterocycles. The van der Waals surface area contributed by atoms with E-state index >= 15 is 0 Å². The molecule has 1 aliphatic carbocycles. The summed E-state index contributed by atoms with van der Waals surface area (Å²) in [5, 5.41) is 0. The van der Waals surface area contributed by atoms with Crippen molar-refractivity contribution >= 4 is 0 Å². The molecule has 0 aromatic heterocycles. The smallest absolute Gasteiger partial charge is 0.330 e. The summed E-state index contributed by atoms with van der Waals surface area (Å²) in [4.78, 5) is 0. The van der Waals surface area contributed by atoms with Crippen molar-refractivity contribution in [1.29, 1.82) is 0 Å². The van der Waals surface area contributed by atoms with Gasteiger partial charge in [0.05, 0.1) is 5.56 Å². The van der Waals surface area contributed by atoms with Crippen LogP contribution in [-0.2, 0) is 11.6 Å². The Morgan fingerprint density at radius 3 is 2.22 bits per heavy atom. The minimum atomic E-state index is -4.67. The molecule has 0 bridgehead atoms. The van der Waals surface area contributed by atoms with E-state index in [1.807, 2.05) is 13.8 Å². The second kappa shape index (κ2) is 3.70. The lowest BCUT2D eigenvalue weighted by Crippen LogP contribution is -2.27. The Bertz CT molecular complexity index is 478. The van der Waals surface area contributed by atoms with Crippen LogP contribution in [0.5, 0.6) is 0 Å². The first kappa shape index (κ1) is 13.3. The Labute approximate surface area is 103 Å². The molecule has 5 heteroatoms. The van der Waals surface area contributed by atoms with E-state index in [0.29, 0.717) is 6.42 Å². The van der Waals surface area contributed by atoms with Crippen molar-refractivity contribution in [2.75, 3.05) is 6.54 Å². The number of hydrogen-bond donors (Lipinski definition) is 1. The van der Waals surface area contributed by atoms with Crippen LogP contribution in [0, 0.1) is 11.2 Å². The molecule has 0 spiro atoms. The molecule has 1 saturated carbocycles. The predicted molar refractivity (Wildman–Crippen MR) is 60.5 cm³/mol. The molecule has 2 N–H and O–H groups in total. The Morgan fingerprint density at radius 1 is 1.28 bits per heavy atom. The molecule has 0 aliphatic heterocycles. The quantitative estimate of drug-likeness (QED) is 0.810. The van der Waals surface area contributed by atoms with Gasteiger partial charge in [0, 0.05) is 12.0 Å². The average Bonchev–Trinajstić information content (AvgIpc) is 2.80. The fourth-order valence-electron chi connectivity index (χ4n) is 2.75. The van der Waals surface area contributed by atoms with Crippen molar-refractivity contribution in [2.24, 2.45) is 11.1 Å². The Hall–Kier alpha value is -1.10. The van der Waals surface area contributed by atoms with Gasteiger partial charge in [-0.15, -0.1) is 0 Å². The van der Waals surface area contributed by atoms with Crippen LogP contribution >= 0.6 is 0 Å². The summed E-state index contributed by atoms with van der Waals surface area (Å²) >= 11 is 0. The molecule has 0 radical (unpaired) electrons. The van der Waals surface area contributed by atoms with Crippen LogP contribution in [-0.4, -0.2) is 6.54 Å². The van der Waals surface area contributed by atoms with Gasteiger partial charge in [-0.1, -0.05) is 26.0 Å². The van der Waals surface area contributed by atoms with E-state index in [0.717, 1.165) is 6.07 Å². The minimum Gasteiger partial charge on any atom is -0.330 e. The first-order valence-corrected chi connectivity index (χ1v) is 5.72. The highest BCUT2D eigenvalue weighted by Gasteiger charge is 2.62. The third kappa shape index (κ3) is 1.72. The lowest BCUT2D eigenvalue weighted by molar-refractivity contribution is -0.140. The van der Waals surface area contributed by atoms with E-state index in [1.165, 1.54) is 12.1 Å². The van der Waals surface area contributed by atoms with Crippen LogP contribution in [0.1, 0.15) is 31.4 Å². The van der Waals surface area contributed by atoms with E-state index in [9.17, 15) is 17.6 Å².